The summed E-state index contributed by atoms with van der Waals surface area (Å²) in [6.07, 6.45) is -3.59. The highest BCUT2D eigenvalue weighted by Gasteiger charge is 2.43. The largest absolute Gasteiger partial charge is 0.461 e. The Bertz CT molecular complexity index is 1590. The lowest BCUT2D eigenvalue weighted by Crippen LogP contribution is -2.48. The van der Waals surface area contributed by atoms with Gasteiger partial charge in [0, 0.05) is 22.8 Å². The molecule has 0 radical (unpaired) electrons. The van der Waals surface area contributed by atoms with Crippen molar-refractivity contribution in [3.63, 3.8) is 0 Å². The maximum atomic E-state index is 14.3. The number of nitrogens with one attached hydrogen (secondary N) is 1. The highest BCUT2D eigenvalue weighted by atomic mass is 32.2. The second-order valence-corrected chi connectivity index (χ2v) is 10.5. The number of halogens is 3. The summed E-state index contributed by atoms with van der Waals surface area (Å²) in [4.78, 5) is 16.1. The van der Waals surface area contributed by atoms with E-state index in [1.807, 2.05) is 4.72 Å². The first-order valence-electron chi connectivity index (χ1n) is 11.5. The predicted molar refractivity (Wildman–Crippen MR) is 134 cm³/mol. The fourth-order valence-electron chi connectivity index (χ4n) is 4.69. The smallest absolute Gasteiger partial charge is 0.406 e. The zero-order chi connectivity index (χ0) is 27.1. The fourth-order valence-corrected chi connectivity index (χ4v) is 6.35. The third kappa shape index (κ3) is 5.19. The Morgan fingerprint density at radius 2 is 1.70 bits per heavy atom. The minimum Gasteiger partial charge on any atom is -0.461 e. The van der Waals surface area contributed by atoms with Crippen molar-refractivity contribution >= 4 is 37.8 Å². The zero-order valence-corrected chi connectivity index (χ0v) is 21.5. The number of carbonyl (C=O) groups excluding carboxylic acids is 1. The standard InChI is InChI=1S/C26H26F3N3O4S/c1-5-36-25(33)20-12-19-18-8-6-7-9-21(18)32(22(19)13-30-20)14-23(26(27,28)29)31-37(34,35)24-16(3)10-15(2)11-17(24)4/h6-13,23,31H,5,14H2,1-4H3. The number of hydrogen-bond donors (Lipinski definition) is 1. The maximum Gasteiger partial charge on any atom is 0.406 e. The number of hydrogen-bond acceptors (Lipinski definition) is 5. The van der Waals surface area contributed by atoms with Gasteiger partial charge < -0.3 is 9.30 Å². The second-order valence-electron chi connectivity index (χ2n) is 8.88. The molecule has 1 N–H and O–H groups in total. The van der Waals surface area contributed by atoms with Crippen LogP contribution in [0.25, 0.3) is 21.8 Å². The lowest BCUT2D eigenvalue weighted by molar-refractivity contribution is -0.153. The van der Waals surface area contributed by atoms with E-state index in [0.717, 1.165) is 5.56 Å². The van der Waals surface area contributed by atoms with E-state index in [2.05, 4.69) is 4.98 Å². The molecule has 0 aliphatic carbocycles. The van der Waals surface area contributed by atoms with Crippen LogP contribution in [0.15, 0.2) is 53.6 Å². The SMILES string of the molecule is CCOC(=O)c1cc2c3ccccc3n(CC(NS(=O)(=O)c3c(C)cc(C)cc3C)C(F)(F)F)c2cn1. The van der Waals surface area contributed by atoms with Crippen LogP contribution in [0.2, 0.25) is 0 Å². The first-order valence-corrected chi connectivity index (χ1v) is 13.0. The summed E-state index contributed by atoms with van der Waals surface area (Å²) >= 11 is 0. The van der Waals surface area contributed by atoms with Crippen molar-refractivity contribution in [2.75, 3.05) is 6.61 Å². The van der Waals surface area contributed by atoms with E-state index in [9.17, 15) is 26.4 Å². The molecule has 7 nitrogen and oxygen atoms in total. The lowest BCUT2D eigenvalue weighted by atomic mass is 10.1. The summed E-state index contributed by atoms with van der Waals surface area (Å²) in [7, 11) is -4.51. The fraction of sp³-hybridized carbons (Fsp3) is 0.308. The molecule has 0 aliphatic rings. The number of esters is 1. The third-order valence-corrected chi connectivity index (χ3v) is 7.85. The number of fused-ring (bicyclic) bond motifs is 3. The van der Waals surface area contributed by atoms with E-state index in [4.69, 9.17) is 4.74 Å². The summed E-state index contributed by atoms with van der Waals surface area (Å²) in [5.74, 6) is -0.647. The Balaban J connectivity index is 1.81. The normalized spacial score (nSPS) is 13.3. The van der Waals surface area contributed by atoms with Gasteiger partial charge in [0.2, 0.25) is 10.0 Å². The number of alkyl halides is 3. The number of sulfonamides is 1. The molecule has 11 heteroatoms. The molecular formula is C26H26F3N3O4S. The van der Waals surface area contributed by atoms with Crippen LogP contribution in [-0.4, -0.2) is 42.8 Å². The van der Waals surface area contributed by atoms with Gasteiger partial charge in [-0.2, -0.15) is 17.9 Å². The number of rotatable bonds is 7. The molecule has 0 amide bonds. The van der Waals surface area contributed by atoms with E-state index in [1.165, 1.54) is 16.8 Å². The molecular weight excluding hydrogens is 507 g/mol. The van der Waals surface area contributed by atoms with Gasteiger partial charge in [0.1, 0.15) is 11.7 Å². The molecule has 4 rings (SSSR count). The summed E-state index contributed by atoms with van der Waals surface area (Å²) in [5.41, 5.74) is 2.32. The van der Waals surface area contributed by atoms with Crippen LogP contribution in [0.1, 0.15) is 34.1 Å². The monoisotopic (exact) mass is 533 g/mol. The van der Waals surface area contributed by atoms with Crippen molar-refractivity contribution in [3.05, 3.63) is 71.0 Å². The first kappa shape index (κ1) is 26.6. The van der Waals surface area contributed by atoms with Gasteiger partial charge in [0.05, 0.1) is 23.2 Å². The molecule has 0 spiro atoms. The third-order valence-electron chi connectivity index (χ3n) is 6.07. The molecule has 37 heavy (non-hydrogen) atoms. The molecule has 4 aromatic rings. The van der Waals surface area contributed by atoms with Gasteiger partial charge in [-0.25, -0.2) is 18.2 Å². The number of pyridine rings is 1. The Hall–Kier alpha value is -3.44. The van der Waals surface area contributed by atoms with E-state index in [1.54, 1.807) is 64.1 Å². The van der Waals surface area contributed by atoms with Crippen molar-refractivity contribution in [2.24, 2.45) is 0 Å². The van der Waals surface area contributed by atoms with Gasteiger partial charge in [-0.05, 0) is 51.0 Å². The quantitative estimate of drug-likeness (QED) is 0.330. The summed E-state index contributed by atoms with van der Waals surface area (Å²) in [6.45, 7) is 5.95. The number of aryl methyl sites for hydroxylation is 3. The van der Waals surface area contributed by atoms with Crippen LogP contribution in [0.4, 0.5) is 13.2 Å². The molecule has 0 saturated carbocycles. The van der Waals surface area contributed by atoms with Crippen molar-refractivity contribution in [1.29, 1.82) is 0 Å². The van der Waals surface area contributed by atoms with Crippen molar-refractivity contribution in [1.82, 2.24) is 14.3 Å². The average molecular weight is 534 g/mol. The minimum atomic E-state index is -4.89. The second kappa shape index (κ2) is 9.79. The number of nitrogens with zero attached hydrogens (tertiary/aromatic N) is 2. The number of para-hydroxylation sites is 1. The Morgan fingerprint density at radius 3 is 2.32 bits per heavy atom. The zero-order valence-electron chi connectivity index (χ0n) is 20.7. The molecule has 2 heterocycles. The van der Waals surface area contributed by atoms with E-state index >= 15 is 0 Å². The van der Waals surface area contributed by atoms with Gasteiger partial charge in [0.15, 0.2) is 0 Å². The first-order chi connectivity index (χ1) is 17.3. The highest BCUT2D eigenvalue weighted by Crippen LogP contribution is 2.32. The van der Waals surface area contributed by atoms with Gasteiger partial charge in [0.25, 0.3) is 0 Å². The van der Waals surface area contributed by atoms with Crippen LogP contribution in [-0.2, 0) is 21.3 Å². The van der Waals surface area contributed by atoms with Crippen LogP contribution >= 0.6 is 0 Å². The van der Waals surface area contributed by atoms with Gasteiger partial charge >= 0.3 is 12.1 Å². The molecule has 1 atom stereocenters. The van der Waals surface area contributed by atoms with E-state index in [-0.39, 0.29) is 17.2 Å². The number of ether oxygens (including phenoxy) is 1. The molecule has 2 aromatic carbocycles. The van der Waals surface area contributed by atoms with E-state index in [0.29, 0.717) is 32.9 Å². The average Bonchev–Trinajstić information content (AvgIpc) is 3.10. The Labute approximate surface area is 212 Å². The maximum absolute atomic E-state index is 14.3. The van der Waals surface area contributed by atoms with E-state index < -0.39 is 34.8 Å². The van der Waals surface area contributed by atoms with Crippen molar-refractivity contribution < 1.29 is 31.1 Å². The van der Waals surface area contributed by atoms with Crippen molar-refractivity contribution in [2.45, 2.75) is 51.4 Å². The highest BCUT2D eigenvalue weighted by molar-refractivity contribution is 7.89. The van der Waals surface area contributed by atoms with Crippen LogP contribution in [0.3, 0.4) is 0 Å². The van der Waals surface area contributed by atoms with Gasteiger partial charge in [-0.15, -0.1) is 0 Å². The van der Waals surface area contributed by atoms with Crippen LogP contribution in [0.5, 0.6) is 0 Å². The summed E-state index contributed by atoms with van der Waals surface area (Å²) in [5, 5.41) is 1.10. The Kier molecular flexibility index (Phi) is 7.04. The van der Waals surface area contributed by atoms with Gasteiger partial charge in [-0.3, -0.25) is 0 Å². The topological polar surface area (TPSA) is 90.3 Å². The van der Waals surface area contributed by atoms with Crippen LogP contribution < -0.4 is 4.72 Å². The van der Waals surface area contributed by atoms with Gasteiger partial charge in [-0.1, -0.05) is 35.9 Å². The molecule has 196 valence electrons. The molecule has 0 saturated heterocycles. The molecule has 2 aromatic heterocycles. The number of carbonyl (C=O) groups is 1. The molecule has 0 bridgehead atoms. The lowest BCUT2D eigenvalue weighted by Gasteiger charge is -2.24. The van der Waals surface area contributed by atoms with Crippen molar-refractivity contribution in [3.8, 4) is 0 Å². The Morgan fingerprint density at radius 1 is 1.05 bits per heavy atom. The summed E-state index contributed by atoms with van der Waals surface area (Å²) < 4.78 is 77.4. The molecule has 0 aliphatic heterocycles. The number of benzene rings is 2. The minimum absolute atomic E-state index is 0.0237. The predicted octanol–water partition coefficient (Wildman–Crippen LogP) is 5.20. The number of aromatic nitrogens is 2. The molecule has 1 unspecified atom stereocenters. The van der Waals surface area contributed by atoms with Crippen LogP contribution in [0, 0.1) is 20.8 Å². The molecule has 0 fully saturated rings. The summed E-state index contributed by atoms with van der Waals surface area (Å²) in [6, 6.07) is 9.02.